The number of amides is 1. The van der Waals surface area contributed by atoms with Crippen molar-refractivity contribution in [3.8, 4) is 5.69 Å². The standard InChI is InChI=1S/C29H28Cl2N4O3S/c1-4-22-10-13-25(14-11-22)34(39(37,38)26-8-6-5-7-9-26)19-29(36)33-32-18-23-16-20(2)35(21(23)3)28-17-24(30)12-15-27(28)31/h5-18H,4,19H2,1-3H3,(H,33,36)/b32-18-. The van der Waals surface area contributed by atoms with Gasteiger partial charge in [0, 0.05) is 22.0 Å². The molecule has 0 radical (unpaired) electrons. The number of anilines is 1. The Morgan fingerprint density at radius 3 is 2.36 bits per heavy atom. The Bertz CT molecular complexity index is 1620. The van der Waals surface area contributed by atoms with Crippen LogP contribution in [0.5, 0.6) is 0 Å². The van der Waals surface area contributed by atoms with E-state index in [4.69, 9.17) is 23.2 Å². The van der Waals surface area contributed by atoms with Crippen LogP contribution in [0.1, 0.15) is 29.4 Å². The number of hydrogen-bond donors (Lipinski definition) is 1. The lowest BCUT2D eigenvalue weighted by atomic mass is 10.1. The minimum Gasteiger partial charge on any atom is -0.316 e. The van der Waals surface area contributed by atoms with Gasteiger partial charge in [0.15, 0.2) is 0 Å². The number of hydrazone groups is 1. The highest BCUT2D eigenvalue weighted by molar-refractivity contribution is 7.92. The highest BCUT2D eigenvalue weighted by Crippen LogP contribution is 2.29. The van der Waals surface area contributed by atoms with Crippen LogP contribution in [-0.2, 0) is 21.2 Å². The first-order valence-corrected chi connectivity index (χ1v) is 14.4. The zero-order valence-electron chi connectivity index (χ0n) is 21.7. The SMILES string of the molecule is CCc1ccc(N(CC(=O)N/N=C\c2cc(C)n(-c3cc(Cl)ccc3Cl)c2C)S(=O)(=O)c2ccccc2)cc1. The average Bonchev–Trinajstić information content (AvgIpc) is 3.21. The van der Waals surface area contributed by atoms with E-state index in [9.17, 15) is 13.2 Å². The van der Waals surface area contributed by atoms with Gasteiger partial charge >= 0.3 is 0 Å². The third-order valence-corrected chi connectivity index (χ3v) is 8.61. The Morgan fingerprint density at radius 2 is 1.69 bits per heavy atom. The molecule has 0 aliphatic carbocycles. The summed E-state index contributed by atoms with van der Waals surface area (Å²) < 4.78 is 30.0. The largest absolute Gasteiger partial charge is 0.316 e. The highest BCUT2D eigenvalue weighted by atomic mass is 35.5. The van der Waals surface area contributed by atoms with E-state index < -0.39 is 22.5 Å². The van der Waals surface area contributed by atoms with E-state index in [2.05, 4.69) is 10.5 Å². The molecule has 0 aliphatic heterocycles. The maximum atomic E-state index is 13.5. The third kappa shape index (κ3) is 6.36. The van der Waals surface area contributed by atoms with Gasteiger partial charge in [0.25, 0.3) is 15.9 Å². The summed E-state index contributed by atoms with van der Waals surface area (Å²) in [7, 11) is -4.00. The van der Waals surface area contributed by atoms with Crippen molar-refractivity contribution in [2.24, 2.45) is 5.10 Å². The summed E-state index contributed by atoms with van der Waals surface area (Å²) in [5, 5.41) is 5.21. The van der Waals surface area contributed by atoms with Crippen molar-refractivity contribution in [2.75, 3.05) is 10.8 Å². The summed E-state index contributed by atoms with van der Waals surface area (Å²) in [4.78, 5) is 13.0. The van der Waals surface area contributed by atoms with E-state index in [0.717, 1.165) is 38.9 Å². The molecule has 7 nitrogen and oxygen atoms in total. The van der Waals surface area contributed by atoms with Crippen LogP contribution >= 0.6 is 23.2 Å². The van der Waals surface area contributed by atoms with Gasteiger partial charge in [0.1, 0.15) is 6.54 Å². The van der Waals surface area contributed by atoms with Crippen LogP contribution in [-0.4, -0.2) is 31.7 Å². The fraction of sp³-hybridized carbons (Fsp3) is 0.172. The molecule has 3 aromatic carbocycles. The molecule has 0 aliphatic rings. The maximum Gasteiger partial charge on any atom is 0.264 e. The van der Waals surface area contributed by atoms with E-state index in [1.165, 1.54) is 18.3 Å². The van der Waals surface area contributed by atoms with Gasteiger partial charge < -0.3 is 4.57 Å². The van der Waals surface area contributed by atoms with Gasteiger partial charge in [-0.3, -0.25) is 9.10 Å². The first kappa shape index (κ1) is 28.4. The van der Waals surface area contributed by atoms with Gasteiger partial charge in [0.2, 0.25) is 0 Å². The number of benzene rings is 3. The maximum absolute atomic E-state index is 13.5. The first-order valence-electron chi connectivity index (χ1n) is 12.2. The zero-order chi connectivity index (χ0) is 28.2. The molecule has 1 heterocycles. The van der Waals surface area contributed by atoms with Crippen LogP contribution in [0.15, 0.2) is 88.9 Å². The molecule has 0 fully saturated rings. The molecular formula is C29H28Cl2N4O3S. The lowest BCUT2D eigenvalue weighted by molar-refractivity contribution is -0.119. The molecule has 0 saturated carbocycles. The van der Waals surface area contributed by atoms with Gasteiger partial charge in [0.05, 0.1) is 27.5 Å². The van der Waals surface area contributed by atoms with E-state index in [1.807, 2.05) is 43.5 Å². The molecule has 0 bridgehead atoms. The number of halogens is 2. The van der Waals surface area contributed by atoms with Crippen molar-refractivity contribution in [3.05, 3.63) is 111 Å². The quantitative estimate of drug-likeness (QED) is 0.185. The number of rotatable bonds is 9. The molecule has 0 unspecified atom stereocenters. The molecule has 4 rings (SSSR count). The Hall–Kier alpha value is -3.59. The van der Waals surface area contributed by atoms with Gasteiger partial charge in [-0.15, -0.1) is 0 Å². The molecule has 1 N–H and O–H groups in total. The Morgan fingerprint density at radius 1 is 1.00 bits per heavy atom. The third-order valence-electron chi connectivity index (χ3n) is 6.26. The number of nitrogens with one attached hydrogen (secondary N) is 1. The molecule has 0 saturated heterocycles. The first-order chi connectivity index (χ1) is 18.6. The average molecular weight is 584 g/mol. The van der Waals surface area contributed by atoms with E-state index in [0.29, 0.717) is 15.7 Å². The van der Waals surface area contributed by atoms with Gasteiger partial charge in [-0.25, -0.2) is 13.8 Å². The van der Waals surface area contributed by atoms with Crippen molar-refractivity contribution in [1.29, 1.82) is 0 Å². The Kier molecular flexibility index (Phi) is 8.80. The number of carbonyl (C=O) groups is 1. The van der Waals surface area contributed by atoms with Gasteiger partial charge in [-0.05, 0) is 74.4 Å². The molecule has 202 valence electrons. The molecule has 10 heteroatoms. The smallest absolute Gasteiger partial charge is 0.264 e. The second-order valence-electron chi connectivity index (χ2n) is 8.90. The van der Waals surface area contributed by atoms with Gasteiger partial charge in [-0.1, -0.05) is 60.5 Å². The molecule has 39 heavy (non-hydrogen) atoms. The fourth-order valence-corrected chi connectivity index (χ4v) is 6.03. The molecule has 0 atom stereocenters. The van der Waals surface area contributed by atoms with Crippen LogP contribution in [0.25, 0.3) is 5.69 Å². The number of sulfonamides is 1. The lowest BCUT2D eigenvalue weighted by Gasteiger charge is -2.24. The summed E-state index contributed by atoms with van der Waals surface area (Å²) in [6, 6.07) is 22.3. The van der Waals surface area contributed by atoms with Crippen LogP contribution in [0.4, 0.5) is 5.69 Å². The van der Waals surface area contributed by atoms with Gasteiger partial charge in [-0.2, -0.15) is 5.10 Å². The number of nitrogens with zero attached hydrogens (tertiary/aromatic N) is 3. The van der Waals surface area contributed by atoms with Crippen molar-refractivity contribution in [1.82, 2.24) is 9.99 Å². The van der Waals surface area contributed by atoms with E-state index in [1.54, 1.807) is 48.5 Å². The number of carbonyl (C=O) groups excluding carboxylic acids is 1. The number of aromatic nitrogens is 1. The highest BCUT2D eigenvalue weighted by Gasteiger charge is 2.27. The van der Waals surface area contributed by atoms with E-state index >= 15 is 0 Å². The lowest BCUT2D eigenvalue weighted by Crippen LogP contribution is -2.39. The summed E-state index contributed by atoms with van der Waals surface area (Å²) in [5.41, 5.74) is 7.15. The van der Waals surface area contributed by atoms with Crippen LogP contribution < -0.4 is 9.73 Å². The fourth-order valence-electron chi connectivity index (χ4n) is 4.22. The van der Waals surface area contributed by atoms with E-state index in [-0.39, 0.29) is 4.90 Å². The predicted molar refractivity (Wildman–Crippen MR) is 158 cm³/mol. The van der Waals surface area contributed by atoms with Crippen LogP contribution in [0.2, 0.25) is 10.0 Å². The summed E-state index contributed by atoms with van der Waals surface area (Å²) in [6.07, 6.45) is 2.33. The normalized spacial score (nSPS) is 11.6. The van der Waals surface area contributed by atoms with Crippen LogP contribution in [0, 0.1) is 13.8 Å². The predicted octanol–water partition coefficient (Wildman–Crippen LogP) is 6.31. The molecule has 1 amide bonds. The summed E-state index contributed by atoms with van der Waals surface area (Å²) in [6.45, 7) is 5.40. The van der Waals surface area contributed by atoms with Crippen LogP contribution in [0.3, 0.4) is 0 Å². The monoisotopic (exact) mass is 582 g/mol. The van der Waals surface area contributed by atoms with Crippen molar-refractivity contribution < 1.29 is 13.2 Å². The Labute approximate surface area is 238 Å². The number of aryl methyl sites for hydroxylation is 2. The molecular weight excluding hydrogens is 555 g/mol. The Balaban J connectivity index is 1.56. The van der Waals surface area contributed by atoms with Crippen molar-refractivity contribution in [3.63, 3.8) is 0 Å². The number of hydrogen-bond acceptors (Lipinski definition) is 4. The molecule has 0 spiro atoms. The minimum atomic E-state index is -4.00. The second kappa shape index (κ2) is 12.1. The zero-order valence-corrected chi connectivity index (χ0v) is 24.1. The van der Waals surface area contributed by atoms with Crippen molar-refractivity contribution in [2.45, 2.75) is 32.1 Å². The summed E-state index contributed by atoms with van der Waals surface area (Å²) >= 11 is 12.6. The molecule has 1 aromatic heterocycles. The summed E-state index contributed by atoms with van der Waals surface area (Å²) in [5.74, 6) is -0.586. The minimum absolute atomic E-state index is 0.0907. The molecule has 4 aromatic rings. The topological polar surface area (TPSA) is 83.8 Å². The second-order valence-corrected chi connectivity index (χ2v) is 11.6. The van der Waals surface area contributed by atoms with Crippen molar-refractivity contribution >= 4 is 51.0 Å².